The average Bonchev–Trinajstić information content (AvgIpc) is 2.74. The van der Waals surface area contributed by atoms with Crippen molar-refractivity contribution >= 4 is 39.1 Å². The van der Waals surface area contributed by atoms with Crippen molar-refractivity contribution < 1.29 is 13.2 Å². The third kappa shape index (κ3) is 6.03. The van der Waals surface area contributed by atoms with Crippen molar-refractivity contribution in [1.29, 1.82) is 0 Å². The number of halogens is 2. The van der Waals surface area contributed by atoms with Crippen LogP contribution in [0.3, 0.4) is 0 Å². The summed E-state index contributed by atoms with van der Waals surface area (Å²) in [5.74, 6) is -0.480. The summed E-state index contributed by atoms with van der Waals surface area (Å²) >= 11 is 12.0. The standard InChI is InChI=1S/C21H19Cl2N3O3S/c22-16-9-10-18(23)20(13-16)30(28,29)26-19(12-15-6-2-1-3-7-15)21(27)25-14-17-8-4-5-11-24-17/h1-11,13,19,26H,12,14H2,(H,25,27)/t19-/m1/s1. The number of rotatable bonds is 8. The molecule has 1 heterocycles. The summed E-state index contributed by atoms with van der Waals surface area (Å²) in [4.78, 5) is 16.8. The van der Waals surface area contributed by atoms with Crippen molar-refractivity contribution in [2.75, 3.05) is 0 Å². The highest BCUT2D eigenvalue weighted by atomic mass is 35.5. The van der Waals surface area contributed by atoms with Crippen molar-refractivity contribution in [1.82, 2.24) is 15.0 Å². The fourth-order valence-electron chi connectivity index (χ4n) is 2.78. The van der Waals surface area contributed by atoms with E-state index in [1.165, 1.54) is 18.2 Å². The topological polar surface area (TPSA) is 88.2 Å². The molecular weight excluding hydrogens is 445 g/mol. The van der Waals surface area contributed by atoms with Gasteiger partial charge in [-0.1, -0.05) is 59.6 Å². The molecule has 1 aromatic heterocycles. The van der Waals surface area contributed by atoms with Crippen molar-refractivity contribution in [2.45, 2.75) is 23.9 Å². The van der Waals surface area contributed by atoms with Crippen molar-refractivity contribution in [3.05, 3.63) is 94.2 Å². The molecule has 0 saturated carbocycles. The lowest BCUT2D eigenvalue weighted by Gasteiger charge is -2.19. The zero-order chi connectivity index (χ0) is 21.6. The van der Waals surface area contributed by atoms with E-state index < -0.39 is 22.0 Å². The van der Waals surface area contributed by atoms with E-state index in [2.05, 4.69) is 15.0 Å². The van der Waals surface area contributed by atoms with Crippen LogP contribution in [0, 0.1) is 0 Å². The maximum atomic E-state index is 12.9. The molecule has 3 aromatic rings. The second-order valence-corrected chi connectivity index (χ2v) is 9.00. The number of nitrogens with one attached hydrogen (secondary N) is 2. The Hall–Kier alpha value is -2.45. The van der Waals surface area contributed by atoms with Gasteiger partial charge >= 0.3 is 0 Å². The van der Waals surface area contributed by atoms with Gasteiger partial charge in [-0.15, -0.1) is 0 Å². The molecule has 1 amide bonds. The van der Waals surface area contributed by atoms with E-state index in [-0.39, 0.29) is 27.9 Å². The second kappa shape index (κ2) is 10.0. The maximum Gasteiger partial charge on any atom is 0.242 e. The second-order valence-electron chi connectivity index (χ2n) is 6.48. The Morgan fingerprint density at radius 1 is 1.00 bits per heavy atom. The zero-order valence-corrected chi connectivity index (χ0v) is 18.1. The molecule has 2 N–H and O–H groups in total. The molecule has 1 atom stereocenters. The average molecular weight is 464 g/mol. The van der Waals surface area contributed by atoms with Crippen LogP contribution in [-0.4, -0.2) is 25.4 Å². The number of benzene rings is 2. The SMILES string of the molecule is O=C(NCc1ccccn1)[C@@H](Cc1ccccc1)NS(=O)(=O)c1cc(Cl)ccc1Cl. The molecule has 0 spiro atoms. The first-order valence-electron chi connectivity index (χ1n) is 9.04. The summed E-state index contributed by atoms with van der Waals surface area (Å²) in [5.41, 5.74) is 1.46. The number of carbonyl (C=O) groups excluding carboxylic acids is 1. The number of hydrogen-bond donors (Lipinski definition) is 2. The molecule has 0 aliphatic carbocycles. The summed E-state index contributed by atoms with van der Waals surface area (Å²) < 4.78 is 28.3. The van der Waals surface area contributed by atoms with E-state index in [1.807, 2.05) is 30.3 Å². The van der Waals surface area contributed by atoms with Gasteiger partial charge in [0.15, 0.2) is 0 Å². The van der Waals surface area contributed by atoms with Gasteiger partial charge in [0.2, 0.25) is 15.9 Å². The van der Waals surface area contributed by atoms with E-state index in [9.17, 15) is 13.2 Å². The predicted molar refractivity (Wildman–Crippen MR) is 117 cm³/mol. The molecule has 0 bridgehead atoms. The van der Waals surface area contributed by atoms with Crippen LogP contribution < -0.4 is 10.0 Å². The van der Waals surface area contributed by atoms with Crippen molar-refractivity contribution in [2.24, 2.45) is 0 Å². The van der Waals surface area contributed by atoms with Gasteiger partial charge in [0.25, 0.3) is 0 Å². The van der Waals surface area contributed by atoms with E-state index in [0.717, 1.165) is 5.56 Å². The zero-order valence-electron chi connectivity index (χ0n) is 15.8. The number of carbonyl (C=O) groups is 1. The fourth-order valence-corrected chi connectivity index (χ4v) is 4.73. The Kier molecular flexibility index (Phi) is 7.44. The highest BCUT2D eigenvalue weighted by Gasteiger charge is 2.27. The van der Waals surface area contributed by atoms with Crippen LogP contribution in [0.5, 0.6) is 0 Å². The largest absolute Gasteiger partial charge is 0.349 e. The van der Waals surface area contributed by atoms with Gasteiger partial charge in [-0.25, -0.2) is 8.42 Å². The van der Waals surface area contributed by atoms with Gasteiger partial charge in [0.1, 0.15) is 10.9 Å². The van der Waals surface area contributed by atoms with Gasteiger partial charge in [0, 0.05) is 11.2 Å². The lowest BCUT2D eigenvalue weighted by atomic mass is 10.1. The number of sulfonamides is 1. The third-order valence-electron chi connectivity index (χ3n) is 4.25. The molecule has 0 aliphatic heterocycles. The van der Waals surface area contributed by atoms with E-state index in [1.54, 1.807) is 24.4 Å². The molecule has 0 fully saturated rings. The molecule has 156 valence electrons. The number of hydrogen-bond acceptors (Lipinski definition) is 4. The van der Waals surface area contributed by atoms with Crippen LogP contribution in [-0.2, 0) is 27.8 Å². The van der Waals surface area contributed by atoms with Crippen LogP contribution >= 0.6 is 23.2 Å². The van der Waals surface area contributed by atoms with Crippen molar-refractivity contribution in [3.8, 4) is 0 Å². The summed E-state index contributed by atoms with van der Waals surface area (Å²) in [6, 6.07) is 17.5. The van der Waals surface area contributed by atoms with E-state index >= 15 is 0 Å². The summed E-state index contributed by atoms with van der Waals surface area (Å²) in [5, 5.41) is 2.97. The molecule has 0 unspecified atom stereocenters. The molecule has 0 aliphatic rings. The summed E-state index contributed by atoms with van der Waals surface area (Å²) in [7, 11) is -4.10. The first kappa shape index (κ1) is 22.2. The van der Waals surface area contributed by atoms with E-state index in [0.29, 0.717) is 5.69 Å². The molecule has 3 rings (SSSR count). The summed E-state index contributed by atoms with van der Waals surface area (Å²) in [6.45, 7) is 0.171. The monoisotopic (exact) mass is 463 g/mol. The minimum atomic E-state index is -4.10. The molecule has 30 heavy (non-hydrogen) atoms. The van der Waals surface area contributed by atoms with Crippen LogP contribution in [0.25, 0.3) is 0 Å². The van der Waals surface area contributed by atoms with Gasteiger partial charge in [0.05, 0.1) is 17.3 Å². The van der Waals surface area contributed by atoms with Crippen molar-refractivity contribution in [3.63, 3.8) is 0 Å². The van der Waals surface area contributed by atoms with Crippen LogP contribution in [0.15, 0.2) is 77.8 Å². The minimum Gasteiger partial charge on any atom is -0.349 e. The predicted octanol–water partition coefficient (Wildman–Crippen LogP) is 3.59. The first-order valence-corrected chi connectivity index (χ1v) is 11.3. The van der Waals surface area contributed by atoms with Crippen LogP contribution in [0.1, 0.15) is 11.3 Å². The first-order chi connectivity index (χ1) is 14.3. The quantitative estimate of drug-likeness (QED) is 0.534. The highest BCUT2D eigenvalue weighted by Crippen LogP contribution is 2.25. The minimum absolute atomic E-state index is 0.0132. The smallest absolute Gasteiger partial charge is 0.242 e. The van der Waals surface area contributed by atoms with E-state index in [4.69, 9.17) is 23.2 Å². The lowest BCUT2D eigenvalue weighted by Crippen LogP contribution is -2.47. The Morgan fingerprint density at radius 2 is 1.73 bits per heavy atom. The number of amides is 1. The summed E-state index contributed by atoms with van der Waals surface area (Å²) in [6.07, 6.45) is 1.78. The van der Waals surface area contributed by atoms with Gasteiger partial charge in [-0.2, -0.15) is 4.72 Å². The molecule has 2 aromatic carbocycles. The number of nitrogens with zero attached hydrogens (tertiary/aromatic N) is 1. The van der Waals surface area contributed by atoms with Crippen LogP contribution in [0.2, 0.25) is 10.0 Å². The molecule has 0 radical (unpaired) electrons. The van der Waals surface area contributed by atoms with Crippen LogP contribution in [0.4, 0.5) is 0 Å². The Morgan fingerprint density at radius 3 is 2.43 bits per heavy atom. The van der Waals surface area contributed by atoms with Gasteiger partial charge in [-0.3, -0.25) is 9.78 Å². The normalized spacial score (nSPS) is 12.3. The molecule has 9 heteroatoms. The highest BCUT2D eigenvalue weighted by molar-refractivity contribution is 7.89. The lowest BCUT2D eigenvalue weighted by molar-refractivity contribution is -0.122. The Labute approximate surface area is 185 Å². The number of aromatic nitrogens is 1. The van der Waals surface area contributed by atoms with Gasteiger partial charge < -0.3 is 5.32 Å². The Bertz CT molecular complexity index is 1110. The fraction of sp³-hybridized carbons (Fsp3) is 0.143. The third-order valence-corrected chi connectivity index (χ3v) is 6.44. The maximum absolute atomic E-state index is 12.9. The molecular formula is C21H19Cl2N3O3S. The van der Waals surface area contributed by atoms with Gasteiger partial charge in [-0.05, 0) is 42.3 Å². The molecule has 6 nitrogen and oxygen atoms in total. The Balaban J connectivity index is 1.83. The molecule has 0 saturated heterocycles. The number of pyridine rings is 1.